The molecule has 0 aliphatic heterocycles. The monoisotopic (exact) mass is 398 g/mol. The zero-order chi connectivity index (χ0) is 19.3. The van der Waals surface area contributed by atoms with Crippen molar-refractivity contribution >= 4 is 23.4 Å². The van der Waals surface area contributed by atoms with Crippen molar-refractivity contribution in [2.24, 2.45) is 0 Å². The minimum atomic E-state index is -0.325. The molecule has 0 unspecified atom stereocenters. The quantitative estimate of drug-likeness (QED) is 0.505. The van der Waals surface area contributed by atoms with Crippen molar-refractivity contribution in [3.8, 4) is 11.3 Å². The first-order chi connectivity index (χ1) is 13.7. The number of aromatic nitrogens is 5. The van der Waals surface area contributed by atoms with Crippen molar-refractivity contribution in [1.29, 1.82) is 0 Å². The fourth-order valence-electron chi connectivity index (χ4n) is 3.44. The van der Waals surface area contributed by atoms with E-state index < -0.39 is 0 Å². The van der Waals surface area contributed by atoms with Crippen LogP contribution in [0.3, 0.4) is 0 Å². The van der Waals surface area contributed by atoms with Gasteiger partial charge in [-0.25, -0.2) is 0 Å². The molecule has 1 saturated carbocycles. The van der Waals surface area contributed by atoms with Gasteiger partial charge in [-0.05, 0) is 12.8 Å². The fraction of sp³-hybridized carbons (Fsp3) is 0.421. The number of carbonyl (C=O) groups excluding carboxylic acids is 1. The van der Waals surface area contributed by atoms with Gasteiger partial charge in [0.15, 0.2) is 5.69 Å². The normalized spacial score (nSPS) is 15.4. The van der Waals surface area contributed by atoms with E-state index in [1.54, 1.807) is 0 Å². The number of fused-ring (bicyclic) bond motifs is 1. The first kappa shape index (κ1) is 18.7. The molecule has 28 heavy (non-hydrogen) atoms. The van der Waals surface area contributed by atoms with Crippen LogP contribution in [0.15, 0.2) is 40.3 Å². The van der Waals surface area contributed by atoms with Crippen molar-refractivity contribution in [1.82, 2.24) is 30.1 Å². The number of amides is 1. The van der Waals surface area contributed by atoms with Gasteiger partial charge in [-0.3, -0.25) is 14.6 Å². The van der Waals surface area contributed by atoms with E-state index in [-0.39, 0.29) is 34.7 Å². The highest BCUT2D eigenvalue weighted by Gasteiger charge is 2.17. The molecule has 2 heterocycles. The Kier molecular flexibility index (Phi) is 5.70. The van der Waals surface area contributed by atoms with Gasteiger partial charge in [-0.1, -0.05) is 67.8 Å². The lowest BCUT2D eigenvalue weighted by atomic mass is 10.1. The van der Waals surface area contributed by atoms with Gasteiger partial charge in [0.05, 0.1) is 5.75 Å². The van der Waals surface area contributed by atoms with Crippen LogP contribution in [-0.4, -0.2) is 42.5 Å². The Morgan fingerprint density at radius 1 is 1.14 bits per heavy atom. The molecule has 1 aliphatic carbocycles. The molecular weight excluding hydrogens is 376 g/mol. The maximum absolute atomic E-state index is 12.3. The van der Waals surface area contributed by atoms with Crippen molar-refractivity contribution in [2.75, 3.05) is 5.75 Å². The molecule has 3 aromatic rings. The van der Waals surface area contributed by atoms with E-state index in [4.69, 9.17) is 0 Å². The van der Waals surface area contributed by atoms with Gasteiger partial charge in [0.25, 0.3) is 11.3 Å². The van der Waals surface area contributed by atoms with Crippen LogP contribution in [0.25, 0.3) is 17.0 Å². The molecular formula is C19H22N6O2S. The average Bonchev–Trinajstić information content (AvgIpc) is 2.91. The van der Waals surface area contributed by atoms with Gasteiger partial charge in [-0.15, -0.1) is 10.2 Å². The topological polar surface area (TPSA) is 105 Å². The Labute approximate surface area is 166 Å². The molecule has 0 bridgehead atoms. The zero-order valence-electron chi connectivity index (χ0n) is 15.4. The van der Waals surface area contributed by atoms with Gasteiger partial charge in [-0.2, -0.15) is 9.61 Å². The number of carbonyl (C=O) groups is 1. The summed E-state index contributed by atoms with van der Waals surface area (Å²) in [6.45, 7) is 0. The summed E-state index contributed by atoms with van der Waals surface area (Å²) < 4.78 is 1.48. The first-order valence-electron chi connectivity index (χ1n) is 9.54. The summed E-state index contributed by atoms with van der Waals surface area (Å²) in [5.41, 5.74) is 0.674. The van der Waals surface area contributed by atoms with E-state index in [9.17, 15) is 9.59 Å². The van der Waals surface area contributed by atoms with Gasteiger partial charge in [0.2, 0.25) is 11.1 Å². The molecule has 4 rings (SSSR count). The Bertz CT molecular complexity index is 1010. The number of hydrogen-bond acceptors (Lipinski definition) is 6. The summed E-state index contributed by atoms with van der Waals surface area (Å²) in [4.78, 5) is 27.3. The summed E-state index contributed by atoms with van der Waals surface area (Å²) in [6, 6.07) is 9.48. The van der Waals surface area contributed by atoms with E-state index in [1.165, 1.54) is 42.0 Å². The van der Waals surface area contributed by atoms with E-state index in [0.717, 1.165) is 12.8 Å². The lowest BCUT2D eigenvalue weighted by Gasteiger charge is -2.15. The smallest absolute Gasteiger partial charge is 0.279 e. The Morgan fingerprint density at radius 2 is 1.89 bits per heavy atom. The molecule has 8 nitrogen and oxygen atoms in total. The fourth-order valence-corrected chi connectivity index (χ4v) is 4.13. The lowest BCUT2D eigenvalue weighted by Crippen LogP contribution is -2.35. The molecule has 2 N–H and O–H groups in total. The third-order valence-corrected chi connectivity index (χ3v) is 5.77. The SMILES string of the molecule is O=C(CSc1nnc2[nH]c(=O)c(-c3ccccc3)nn12)NC1CCCCCC1. The maximum Gasteiger partial charge on any atom is 0.279 e. The maximum atomic E-state index is 12.3. The minimum Gasteiger partial charge on any atom is -0.353 e. The third kappa shape index (κ3) is 4.24. The molecule has 0 atom stereocenters. The van der Waals surface area contributed by atoms with Crippen molar-refractivity contribution in [3.05, 3.63) is 40.7 Å². The van der Waals surface area contributed by atoms with E-state index >= 15 is 0 Å². The molecule has 9 heteroatoms. The van der Waals surface area contributed by atoms with Crippen LogP contribution in [0, 0.1) is 0 Å². The highest BCUT2D eigenvalue weighted by atomic mass is 32.2. The molecule has 1 aromatic carbocycles. The van der Waals surface area contributed by atoms with Crippen molar-refractivity contribution in [2.45, 2.75) is 49.7 Å². The molecule has 1 fully saturated rings. The highest BCUT2D eigenvalue weighted by molar-refractivity contribution is 7.99. The summed E-state index contributed by atoms with van der Waals surface area (Å²) in [7, 11) is 0. The van der Waals surface area contributed by atoms with Crippen molar-refractivity contribution in [3.63, 3.8) is 0 Å². The molecule has 2 aromatic heterocycles. The largest absolute Gasteiger partial charge is 0.353 e. The number of H-pyrrole nitrogens is 1. The van der Waals surface area contributed by atoms with Crippen LogP contribution in [0.2, 0.25) is 0 Å². The van der Waals surface area contributed by atoms with Gasteiger partial charge in [0.1, 0.15) is 0 Å². The molecule has 1 amide bonds. The first-order valence-corrected chi connectivity index (χ1v) is 10.5. The number of nitrogens with zero attached hydrogens (tertiary/aromatic N) is 4. The molecule has 1 aliphatic rings. The zero-order valence-corrected chi connectivity index (χ0v) is 16.2. The highest BCUT2D eigenvalue weighted by Crippen LogP contribution is 2.19. The van der Waals surface area contributed by atoms with E-state index in [0.29, 0.717) is 10.7 Å². The molecule has 0 saturated heterocycles. The lowest BCUT2D eigenvalue weighted by molar-refractivity contribution is -0.119. The molecule has 146 valence electrons. The molecule has 0 radical (unpaired) electrons. The molecule has 0 spiro atoms. The number of nitrogens with one attached hydrogen (secondary N) is 2. The second kappa shape index (κ2) is 8.55. The minimum absolute atomic E-state index is 0.0126. The number of thioether (sulfide) groups is 1. The van der Waals surface area contributed by atoms with E-state index in [1.807, 2.05) is 30.3 Å². The van der Waals surface area contributed by atoms with Crippen LogP contribution >= 0.6 is 11.8 Å². The Morgan fingerprint density at radius 3 is 2.64 bits per heavy atom. The van der Waals surface area contributed by atoms with Crippen LogP contribution in [0.4, 0.5) is 0 Å². The van der Waals surface area contributed by atoms with Gasteiger partial charge in [0, 0.05) is 11.6 Å². The van der Waals surface area contributed by atoms with Crippen LogP contribution in [0.5, 0.6) is 0 Å². The number of benzene rings is 1. The van der Waals surface area contributed by atoms with Crippen LogP contribution in [0.1, 0.15) is 38.5 Å². The second-order valence-electron chi connectivity index (χ2n) is 6.93. The van der Waals surface area contributed by atoms with E-state index in [2.05, 4.69) is 25.6 Å². The van der Waals surface area contributed by atoms with Crippen LogP contribution < -0.4 is 10.9 Å². The number of hydrogen-bond donors (Lipinski definition) is 2. The summed E-state index contributed by atoms with van der Waals surface area (Å²) in [6.07, 6.45) is 6.95. The predicted octanol–water partition coefficient (Wildman–Crippen LogP) is 2.41. The van der Waals surface area contributed by atoms with Crippen LogP contribution in [-0.2, 0) is 4.79 Å². The Hall–Kier alpha value is -2.68. The number of aromatic amines is 1. The van der Waals surface area contributed by atoms with Crippen molar-refractivity contribution < 1.29 is 4.79 Å². The standard InChI is InChI=1S/C19H22N6O2S/c26-15(20-14-10-6-1-2-7-11-14)12-28-19-23-22-18-21-17(27)16(24-25(18)19)13-8-4-3-5-9-13/h3-5,8-9,14H,1-2,6-7,10-12H2,(H,20,26)(H,21,22,27). The third-order valence-electron chi connectivity index (χ3n) is 4.85. The second-order valence-corrected chi connectivity index (χ2v) is 7.87. The Balaban J connectivity index is 1.48. The summed E-state index contributed by atoms with van der Waals surface area (Å²) in [5, 5.41) is 16.0. The summed E-state index contributed by atoms with van der Waals surface area (Å²) in [5.74, 6) is 0.483. The summed E-state index contributed by atoms with van der Waals surface area (Å²) >= 11 is 1.26. The van der Waals surface area contributed by atoms with Gasteiger partial charge < -0.3 is 5.32 Å². The predicted molar refractivity (Wildman–Crippen MR) is 107 cm³/mol. The van der Waals surface area contributed by atoms with Gasteiger partial charge >= 0.3 is 0 Å². The number of rotatable bonds is 5. The average molecular weight is 398 g/mol.